The van der Waals surface area contributed by atoms with Gasteiger partial charge in [0, 0.05) is 10.7 Å². The Labute approximate surface area is 164 Å². The highest BCUT2D eigenvalue weighted by atomic mass is 35.5. The molecule has 0 unspecified atom stereocenters. The standard InChI is InChI=1S/C18H20Cl2N2O3S/c1-12(2)13-4-7-15(8-5-13)21-18(23)11-22(26(3,24)25)17-9-6-14(19)10-16(17)20/h4-10,12H,11H2,1-3H3,(H,21,23). The third kappa shape index (κ3) is 5.37. The Hall–Kier alpha value is -1.76. The molecule has 0 aliphatic heterocycles. The summed E-state index contributed by atoms with van der Waals surface area (Å²) in [5, 5.41) is 3.22. The van der Waals surface area contributed by atoms with Gasteiger partial charge >= 0.3 is 0 Å². The lowest BCUT2D eigenvalue weighted by Gasteiger charge is -2.23. The number of rotatable bonds is 6. The molecule has 8 heteroatoms. The molecule has 0 atom stereocenters. The lowest BCUT2D eigenvalue weighted by Crippen LogP contribution is -2.37. The van der Waals surface area contributed by atoms with Gasteiger partial charge < -0.3 is 5.32 Å². The highest BCUT2D eigenvalue weighted by molar-refractivity contribution is 7.92. The number of hydrogen-bond acceptors (Lipinski definition) is 3. The van der Waals surface area contributed by atoms with Crippen molar-refractivity contribution in [3.63, 3.8) is 0 Å². The molecule has 2 aromatic rings. The smallest absolute Gasteiger partial charge is 0.245 e. The fourth-order valence-electron chi connectivity index (χ4n) is 2.35. The molecule has 2 aromatic carbocycles. The number of carbonyl (C=O) groups is 1. The summed E-state index contributed by atoms with van der Waals surface area (Å²) in [4.78, 5) is 12.4. The molecule has 0 bridgehead atoms. The molecular formula is C18H20Cl2N2O3S. The van der Waals surface area contributed by atoms with Gasteiger partial charge in [-0.1, -0.05) is 49.2 Å². The van der Waals surface area contributed by atoms with Crippen LogP contribution >= 0.6 is 23.2 Å². The molecular weight excluding hydrogens is 395 g/mol. The molecule has 0 saturated heterocycles. The van der Waals surface area contributed by atoms with Crippen LogP contribution in [-0.2, 0) is 14.8 Å². The van der Waals surface area contributed by atoms with E-state index in [1.165, 1.54) is 18.2 Å². The van der Waals surface area contributed by atoms with Crippen molar-refractivity contribution in [2.24, 2.45) is 0 Å². The Morgan fingerprint density at radius 2 is 1.73 bits per heavy atom. The number of anilines is 2. The van der Waals surface area contributed by atoms with E-state index in [1.807, 2.05) is 12.1 Å². The van der Waals surface area contributed by atoms with Gasteiger partial charge in [0.15, 0.2) is 0 Å². The lowest BCUT2D eigenvalue weighted by atomic mass is 10.0. The normalized spacial score (nSPS) is 11.5. The van der Waals surface area contributed by atoms with Gasteiger partial charge in [0.1, 0.15) is 6.54 Å². The fraction of sp³-hybridized carbons (Fsp3) is 0.278. The zero-order chi connectivity index (χ0) is 19.5. The lowest BCUT2D eigenvalue weighted by molar-refractivity contribution is -0.114. The van der Waals surface area contributed by atoms with E-state index in [1.54, 1.807) is 12.1 Å². The number of carbonyl (C=O) groups excluding carboxylic acids is 1. The topological polar surface area (TPSA) is 66.5 Å². The molecule has 0 fully saturated rings. The molecule has 26 heavy (non-hydrogen) atoms. The summed E-state index contributed by atoms with van der Waals surface area (Å²) >= 11 is 12.0. The van der Waals surface area contributed by atoms with Gasteiger partial charge in [-0.25, -0.2) is 8.42 Å². The molecule has 0 spiro atoms. The molecule has 140 valence electrons. The number of nitrogens with zero attached hydrogens (tertiary/aromatic N) is 1. The van der Waals surface area contributed by atoms with E-state index in [4.69, 9.17) is 23.2 Å². The van der Waals surface area contributed by atoms with E-state index in [-0.39, 0.29) is 10.7 Å². The van der Waals surface area contributed by atoms with Crippen molar-refractivity contribution in [3.8, 4) is 0 Å². The molecule has 0 aliphatic carbocycles. The number of amides is 1. The van der Waals surface area contributed by atoms with Crippen LogP contribution in [0.3, 0.4) is 0 Å². The van der Waals surface area contributed by atoms with Crippen LogP contribution in [-0.4, -0.2) is 27.1 Å². The van der Waals surface area contributed by atoms with Crippen LogP contribution in [0.4, 0.5) is 11.4 Å². The SMILES string of the molecule is CC(C)c1ccc(NC(=O)CN(c2ccc(Cl)cc2Cl)S(C)(=O)=O)cc1. The van der Waals surface area contributed by atoms with Crippen LogP contribution in [0.2, 0.25) is 10.0 Å². The predicted octanol–water partition coefficient (Wildman–Crippen LogP) is 4.52. The number of halogens is 2. The summed E-state index contributed by atoms with van der Waals surface area (Å²) < 4.78 is 25.2. The molecule has 2 rings (SSSR count). The van der Waals surface area contributed by atoms with Crippen molar-refractivity contribution in [1.29, 1.82) is 0 Å². The van der Waals surface area contributed by atoms with Crippen LogP contribution < -0.4 is 9.62 Å². The van der Waals surface area contributed by atoms with Crippen molar-refractivity contribution in [3.05, 3.63) is 58.1 Å². The summed E-state index contributed by atoms with van der Waals surface area (Å²) in [6.07, 6.45) is 1.02. The van der Waals surface area contributed by atoms with Gasteiger partial charge in [-0.3, -0.25) is 9.10 Å². The summed E-state index contributed by atoms with van der Waals surface area (Å²) in [5.41, 5.74) is 1.94. The van der Waals surface area contributed by atoms with E-state index < -0.39 is 22.5 Å². The summed E-state index contributed by atoms with van der Waals surface area (Å²) in [5.74, 6) is -0.0914. The van der Waals surface area contributed by atoms with Gasteiger partial charge in [-0.05, 0) is 41.8 Å². The Kier molecular flexibility index (Phi) is 6.55. The Morgan fingerprint density at radius 3 is 2.23 bits per heavy atom. The number of hydrogen-bond donors (Lipinski definition) is 1. The minimum absolute atomic E-state index is 0.150. The number of benzene rings is 2. The maximum absolute atomic E-state index is 12.4. The second-order valence-corrected chi connectivity index (χ2v) is 8.94. The highest BCUT2D eigenvalue weighted by Crippen LogP contribution is 2.30. The Balaban J connectivity index is 2.19. The fourth-order valence-corrected chi connectivity index (χ4v) is 3.78. The van der Waals surface area contributed by atoms with Gasteiger partial charge in [0.25, 0.3) is 0 Å². The van der Waals surface area contributed by atoms with E-state index in [2.05, 4.69) is 19.2 Å². The van der Waals surface area contributed by atoms with Gasteiger partial charge in [0.2, 0.25) is 15.9 Å². The number of sulfonamides is 1. The number of nitrogens with one attached hydrogen (secondary N) is 1. The van der Waals surface area contributed by atoms with Crippen molar-refractivity contribution in [1.82, 2.24) is 0 Å². The largest absolute Gasteiger partial charge is 0.325 e. The first-order chi connectivity index (χ1) is 12.1. The Morgan fingerprint density at radius 1 is 1.12 bits per heavy atom. The first kappa shape index (κ1) is 20.6. The maximum atomic E-state index is 12.4. The van der Waals surface area contributed by atoms with Crippen LogP contribution in [0.1, 0.15) is 25.3 Å². The molecule has 0 aromatic heterocycles. The average Bonchev–Trinajstić information content (AvgIpc) is 2.53. The van der Waals surface area contributed by atoms with E-state index >= 15 is 0 Å². The highest BCUT2D eigenvalue weighted by Gasteiger charge is 2.23. The van der Waals surface area contributed by atoms with Crippen molar-refractivity contribution < 1.29 is 13.2 Å². The van der Waals surface area contributed by atoms with E-state index in [9.17, 15) is 13.2 Å². The third-order valence-corrected chi connectivity index (χ3v) is 5.39. The predicted molar refractivity (Wildman–Crippen MR) is 108 cm³/mol. The molecule has 1 amide bonds. The molecule has 1 N–H and O–H groups in total. The van der Waals surface area contributed by atoms with E-state index in [0.717, 1.165) is 16.1 Å². The average molecular weight is 415 g/mol. The zero-order valence-corrected chi connectivity index (χ0v) is 17.0. The minimum atomic E-state index is -3.71. The minimum Gasteiger partial charge on any atom is -0.325 e. The second kappa shape index (κ2) is 8.29. The van der Waals surface area contributed by atoms with Crippen LogP contribution in [0.5, 0.6) is 0 Å². The quantitative estimate of drug-likeness (QED) is 0.754. The van der Waals surface area contributed by atoms with Crippen LogP contribution in [0.25, 0.3) is 0 Å². The monoisotopic (exact) mass is 414 g/mol. The molecule has 5 nitrogen and oxygen atoms in total. The third-order valence-electron chi connectivity index (χ3n) is 3.73. The maximum Gasteiger partial charge on any atom is 0.245 e. The molecule has 0 radical (unpaired) electrons. The molecule has 0 heterocycles. The van der Waals surface area contributed by atoms with E-state index in [0.29, 0.717) is 16.6 Å². The van der Waals surface area contributed by atoms with Gasteiger partial charge in [-0.2, -0.15) is 0 Å². The summed E-state index contributed by atoms with van der Waals surface area (Å²) in [6, 6.07) is 11.8. The Bertz CT molecular complexity index is 897. The first-order valence-electron chi connectivity index (χ1n) is 7.90. The molecule has 0 saturated carbocycles. The zero-order valence-electron chi connectivity index (χ0n) is 14.7. The van der Waals surface area contributed by atoms with Crippen LogP contribution in [0.15, 0.2) is 42.5 Å². The van der Waals surface area contributed by atoms with Gasteiger partial charge in [0.05, 0.1) is 17.0 Å². The van der Waals surface area contributed by atoms with Gasteiger partial charge in [-0.15, -0.1) is 0 Å². The first-order valence-corrected chi connectivity index (χ1v) is 10.5. The summed E-state index contributed by atoms with van der Waals surface area (Å²) in [7, 11) is -3.71. The van der Waals surface area contributed by atoms with Crippen LogP contribution in [0, 0.1) is 0 Å². The second-order valence-electron chi connectivity index (χ2n) is 6.19. The van der Waals surface area contributed by atoms with Crippen molar-refractivity contribution in [2.75, 3.05) is 22.4 Å². The van der Waals surface area contributed by atoms with Crippen molar-refractivity contribution in [2.45, 2.75) is 19.8 Å². The summed E-state index contributed by atoms with van der Waals surface area (Å²) in [6.45, 7) is 3.76. The van der Waals surface area contributed by atoms with Crippen molar-refractivity contribution >= 4 is 50.5 Å². The molecule has 0 aliphatic rings.